The first-order valence-corrected chi connectivity index (χ1v) is 10.9. The van der Waals surface area contributed by atoms with Crippen molar-refractivity contribution in [3.05, 3.63) is 40.2 Å². The van der Waals surface area contributed by atoms with Gasteiger partial charge in [0.15, 0.2) is 9.84 Å². The standard InChI is InChI=1S/C16H14BrN3O5S2/c1-24-10-2-4-11(5-3-10)27(22,23)9-8-14(21)18-16-20-19-15(25-16)12-6-7-13(17)26-12/h2-7H,8-9H2,1H3,(H,18,20,21). The zero-order chi connectivity index (χ0) is 19.4. The average Bonchev–Trinajstić information content (AvgIpc) is 3.29. The fourth-order valence-electron chi connectivity index (χ4n) is 2.11. The molecule has 0 radical (unpaired) electrons. The monoisotopic (exact) mass is 471 g/mol. The van der Waals surface area contributed by atoms with Gasteiger partial charge in [0, 0.05) is 6.42 Å². The van der Waals surface area contributed by atoms with Gasteiger partial charge in [0.25, 0.3) is 5.89 Å². The molecule has 0 aliphatic rings. The highest BCUT2D eigenvalue weighted by atomic mass is 79.9. The van der Waals surface area contributed by atoms with Crippen molar-refractivity contribution in [3.8, 4) is 16.5 Å². The van der Waals surface area contributed by atoms with E-state index in [-0.39, 0.29) is 29.0 Å². The maximum Gasteiger partial charge on any atom is 0.322 e. The fraction of sp³-hybridized carbons (Fsp3) is 0.188. The third kappa shape index (κ3) is 4.93. The zero-order valence-corrected chi connectivity index (χ0v) is 17.2. The van der Waals surface area contributed by atoms with Gasteiger partial charge in [0.2, 0.25) is 5.91 Å². The number of thiophene rings is 1. The van der Waals surface area contributed by atoms with E-state index in [1.165, 1.54) is 30.6 Å². The molecule has 0 spiro atoms. The molecule has 0 unspecified atom stereocenters. The molecule has 0 saturated heterocycles. The first-order valence-electron chi connectivity index (χ1n) is 7.63. The van der Waals surface area contributed by atoms with Gasteiger partial charge in [-0.3, -0.25) is 10.1 Å². The van der Waals surface area contributed by atoms with E-state index in [1.54, 1.807) is 18.2 Å². The Balaban J connectivity index is 1.58. The van der Waals surface area contributed by atoms with Gasteiger partial charge in [-0.05, 0) is 52.3 Å². The van der Waals surface area contributed by atoms with Gasteiger partial charge in [0.05, 0.1) is 26.4 Å². The SMILES string of the molecule is COc1ccc(S(=O)(=O)CCC(=O)Nc2nnc(-c3ccc(Br)s3)o2)cc1. The molecule has 11 heteroatoms. The number of ether oxygens (including phenoxy) is 1. The Kier molecular flexibility index (Phi) is 5.92. The van der Waals surface area contributed by atoms with Crippen LogP contribution in [-0.4, -0.2) is 37.4 Å². The topological polar surface area (TPSA) is 111 Å². The van der Waals surface area contributed by atoms with E-state index < -0.39 is 15.7 Å². The van der Waals surface area contributed by atoms with Crippen molar-refractivity contribution in [2.75, 3.05) is 18.2 Å². The summed E-state index contributed by atoms with van der Waals surface area (Å²) in [6, 6.07) is 9.54. The van der Waals surface area contributed by atoms with E-state index in [0.717, 1.165) is 8.66 Å². The lowest BCUT2D eigenvalue weighted by molar-refractivity contribution is -0.115. The van der Waals surface area contributed by atoms with Crippen LogP contribution in [0.3, 0.4) is 0 Å². The summed E-state index contributed by atoms with van der Waals surface area (Å²) in [6.45, 7) is 0. The number of hydrogen-bond donors (Lipinski definition) is 1. The number of rotatable bonds is 7. The first kappa shape index (κ1) is 19.5. The van der Waals surface area contributed by atoms with Crippen LogP contribution in [0.25, 0.3) is 10.8 Å². The number of benzene rings is 1. The van der Waals surface area contributed by atoms with E-state index in [9.17, 15) is 13.2 Å². The van der Waals surface area contributed by atoms with E-state index in [1.807, 2.05) is 6.07 Å². The Hall–Kier alpha value is -2.24. The molecule has 142 valence electrons. The smallest absolute Gasteiger partial charge is 0.322 e. The number of nitrogens with zero attached hydrogens (tertiary/aromatic N) is 2. The lowest BCUT2D eigenvalue weighted by Crippen LogP contribution is -2.17. The minimum Gasteiger partial charge on any atom is -0.497 e. The summed E-state index contributed by atoms with van der Waals surface area (Å²) in [5, 5.41) is 10.0. The molecule has 2 aromatic heterocycles. The third-order valence-corrected chi connectivity index (χ3v) is 6.82. The van der Waals surface area contributed by atoms with Gasteiger partial charge in [-0.15, -0.1) is 16.4 Å². The summed E-state index contributed by atoms with van der Waals surface area (Å²) >= 11 is 4.74. The minimum atomic E-state index is -3.59. The third-order valence-electron chi connectivity index (χ3n) is 3.47. The van der Waals surface area contributed by atoms with Crippen molar-refractivity contribution in [1.82, 2.24) is 10.2 Å². The molecule has 0 atom stereocenters. The number of nitrogens with one attached hydrogen (secondary N) is 1. The lowest BCUT2D eigenvalue weighted by Gasteiger charge is -2.05. The highest BCUT2D eigenvalue weighted by Crippen LogP contribution is 2.31. The van der Waals surface area contributed by atoms with Crippen molar-refractivity contribution >= 4 is 49.0 Å². The molecule has 1 aromatic carbocycles. The van der Waals surface area contributed by atoms with Crippen molar-refractivity contribution in [1.29, 1.82) is 0 Å². The Morgan fingerprint density at radius 1 is 1.22 bits per heavy atom. The molecule has 0 bridgehead atoms. The number of carbonyl (C=O) groups is 1. The predicted octanol–water partition coefficient (Wildman–Crippen LogP) is 3.37. The molecule has 1 N–H and O–H groups in total. The Labute approximate surface area is 167 Å². The van der Waals surface area contributed by atoms with E-state index >= 15 is 0 Å². The lowest BCUT2D eigenvalue weighted by atomic mass is 10.3. The number of aromatic nitrogens is 2. The highest BCUT2D eigenvalue weighted by molar-refractivity contribution is 9.11. The molecule has 3 aromatic rings. The zero-order valence-electron chi connectivity index (χ0n) is 14.0. The van der Waals surface area contributed by atoms with E-state index in [0.29, 0.717) is 5.75 Å². The summed E-state index contributed by atoms with van der Waals surface area (Å²) in [5.74, 6) is -0.0533. The van der Waals surface area contributed by atoms with Crippen molar-refractivity contribution in [2.45, 2.75) is 11.3 Å². The Bertz CT molecular complexity index is 1040. The van der Waals surface area contributed by atoms with E-state index in [2.05, 4.69) is 31.4 Å². The number of carbonyl (C=O) groups excluding carboxylic acids is 1. The number of halogens is 1. The van der Waals surface area contributed by atoms with E-state index in [4.69, 9.17) is 9.15 Å². The maximum absolute atomic E-state index is 12.3. The van der Waals surface area contributed by atoms with Gasteiger partial charge in [-0.25, -0.2) is 8.42 Å². The minimum absolute atomic E-state index is 0.0821. The predicted molar refractivity (Wildman–Crippen MR) is 104 cm³/mol. The second kappa shape index (κ2) is 8.19. The average molecular weight is 472 g/mol. The Morgan fingerprint density at radius 2 is 1.96 bits per heavy atom. The van der Waals surface area contributed by atoms with Crippen LogP contribution in [0.1, 0.15) is 6.42 Å². The summed E-state index contributed by atoms with van der Waals surface area (Å²) in [5.41, 5.74) is 0. The number of amides is 1. The maximum atomic E-state index is 12.3. The van der Waals surface area contributed by atoms with Crippen LogP contribution in [0.15, 0.2) is 49.5 Å². The van der Waals surface area contributed by atoms with Crippen LogP contribution in [0.5, 0.6) is 5.75 Å². The fourth-order valence-corrected chi connectivity index (χ4v) is 4.66. The van der Waals surface area contributed by atoms with Crippen molar-refractivity contribution in [3.63, 3.8) is 0 Å². The molecular weight excluding hydrogens is 458 g/mol. The molecule has 2 heterocycles. The summed E-state index contributed by atoms with van der Waals surface area (Å²) in [6.07, 6.45) is -0.239. The summed E-state index contributed by atoms with van der Waals surface area (Å²) in [7, 11) is -2.10. The van der Waals surface area contributed by atoms with Crippen LogP contribution < -0.4 is 10.1 Å². The highest BCUT2D eigenvalue weighted by Gasteiger charge is 2.18. The molecule has 0 saturated carbocycles. The Morgan fingerprint density at radius 3 is 2.59 bits per heavy atom. The second-order valence-corrected chi connectivity index (χ2v) is 9.88. The number of hydrogen-bond acceptors (Lipinski definition) is 8. The van der Waals surface area contributed by atoms with Gasteiger partial charge in [0.1, 0.15) is 5.75 Å². The number of methoxy groups -OCH3 is 1. The molecule has 0 fully saturated rings. The summed E-state index contributed by atoms with van der Waals surface area (Å²) < 4.78 is 35.9. The molecule has 0 aliphatic heterocycles. The molecule has 0 aliphatic carbocycles. The number of sulfone groups is 1. The molecule has 27 heavy (non-hydrogen) atoms. The van der Waals surface area contributed by atoms with Crippen LogP contribution in [0.4, 0.5) is 6.01 Å². The molecular formula is C16H14BrN3O5S2. The second-order valence-electron chi connectivity index (χ2n) is 5.31. The van der Waals surface area contributed by atoms with Gasteiger partial charge in [-0.1, -0.05) is 5.10 Å². The van der Waals surface area contributed by atoms with Gasteiger partial charge in [-0.2, -0.15) is 0 Å². The van der Waals surface area contributed by atoms with Crippen molar-refractivity contribution in [2.24, 2.45) is 0 Å². The summed E-state index contributed by atoms with van der Waals surface area (Å²) in [4.78, 5) is 12.9. The molecule has 8 nitrogen and oxygen atoms in total. The normalized spacial score (nSPS) is 11.3. The van der Waals surface area contributed by atoms with Crippen LogP contribution in [0.2, 0.25) is 0 Å². The number of anilines is 1. The van der Waals surface area contributed by atoms with Crippen molar-refractivity contribution < 1.29 is 22.4 Å². The molecule has 3 rings (SSSR count). The van der Waals surface area contributed by atoms with Crippen LogP contribution >= 0.6 is 27.3 Å². The van der Waals surface area contributed by atoms with Crippen LogP contribution in [-0.2, 0) is 14.6 Å². The molecule has 1 amide bonds. The quantitative estimate of drug-likeness (QED) is 0.561. The largest absolute Gasteiger partial charge is 0.497 e. The van der Waals surface area contributed by atoms with Crippen LogP contribution in [0, 0.1) is 0 Å². The van der Waals surface area contributed by atoms with Gasteiger partial charge >= 0.3 is 6.01 Å². The van der Waals surface area contributed by atoms with Gasteiger partial charge < -0.3 is 9.15 Å². The first-order chi connectivity index (χ1) is 12.9.